The fourth-order valence-corrected chi connectivity index (χ4v) is 3.74. The Kier molecular flexibility index (Phi) is 2.93. The number of benzene rings is 1. The maximum absolute atomic E-state index is 13.1. The van der Waals surface area contributed by atoms with Crippen LogP contribution < -0.4 is 0 Å². The van der Waals surface area contributed by atoms with Gasteiger partial charge in [-0.25, -0.2) is 4.39 Å². The molecule has 90 valence electrons. The van der Waals surface area contributed by atoms with Gasteiger partial charge in [-0.2, -0.15) is 0 Å². The summed E-state index contributed by atoms with van der Waals surface area (Å²) < 4.78 is 14.6. The van der Waals surface area contributed by atoms with Crippen LogP contribution in [0.3, 0.4) is 0 Å². The van der Waals surface area contributed by atoms with Gasteiger partial charge in [0.1, 0.15) is 5.82 Å². The van der Waals surface area contributed by atoms with Crippen LogP contribution in [0.5, 0.6) is 0 Å². The lowest BCUT2D eigenvalue weighted by atomic mass is 10.2. The van der Waals surface area contributed by atoms with Crippen LogP contribution in [-0.2, 0) is 0 Å². The molecule has 0 spiro atoms. The van der Waals surface area contributed by atoms with Crippen molar-refractivity contribution in [3.8, 4) is 0 Å². The molecule has 0 aliphatic carbocycles. The quantitative estimate of drug-likeness (QED) is 0.609. The summed E-state index contributed by atoms with van der Waals surface area (Å²) in [5.74, 6) is -0.355. The third-order valence-electron chi connectivity index (χ3n) is 2.50. The summed E-state index contributed by atoms with van der Waals surface area (Å²) >= 11 is 8.43. The van der Waals surface area contributed by atoms with E-state index in [1.807, 2.05) is 0 Å². The number of halogens is 2. The zero-order valence-electron chi connectivity index (χ0n) is 8.94. The molecule has 0 unspecified atom stereocenters. The molecule has 3 aromatic rings. The second-order valence-electron chi connectivity index (χ2n) is 3.73. The molecule has 0 N–H and O–H groups in total. The number of rotatable bonds is 2. The average Bonchev–Trinajstić information content (AvgIpc) is 2.93. The van der Waals surface area contributed by atoms with Gasteiger partial charge < -0.3 is 0 Å². The largest absolute Gasteiger partial charge is 0.287 e. The zero-order valence-corrected chi connectivity index (χ0v) is 11.3. The molecular weight excluding hydrogens is 291 g/mol. The molecule has 2 aromatic heterocycles. The predicted octanol–water partition coefficient (Wildman–Crippen LogP) is 4.99. The van der Waals surface area contributed by atoms with E-state index in [0.717, 1.165) is 10.1 Å². The van der Waals surface area contributed by atoms with Crippen molar-refractivity contribution in [2.24, 2.45) is 0 Å². The fourth-order valence-electron chi connectivity index (χ4n) is 1.68. The number of carbonyl (C=O) groups excluding carboxylic acids is 1. The van der Waals surface area contributed by atoms with Crippen molar-refractivity contribution in [3.05, 3.63) is 56.3 Å². The molecule has 0 bridgehead atoms. The Hall–Kier alpha value is -1.23. The van der Waals surface area contributed by atoms with Crippen LogP contribution in [0, 0.1) is 5.82 Å². The zero-order chi connectivity index (χ0) is 12.7. The summed E-state index contributed by atoms with van der Waals surface area (Å²) in [5, 5.41) is 0.756. The molecule has 1 nitrogen and oxygen atoms in total. The molecule has 0 aliphatic rings. The maximum Gasteiger partial charge on any atom is 0.212 e. The lowest BCUT2D eigenvalue weighted by molar-refractivity contribution is 0.104. The van der Waals surface area contributed by atoms with Gasteiger partial charge in [-0.15, -0.1) is 22.7 Å². The Labute approximate surface area is 115 Å². The number of thiophene rings is 2. The molecule has 0 fully saturated rings. The van der Waals surface area contributed by atoms with E-state index in [2.05, 4.69) is 0 Å². The minimum absolute atomic E-state index is 0.0616. The Bertz CT molecular complexity index is 744. The molecule has 0 atom stereocenters. The molecule has 0 radical (unpaired) electrons. The predicted molar refractivity (Wildman–Crippen MR) is 74.5 cm³/mol. The van der Waals surface area contributed by atoms with Crippen LogP contribution in [0.1, 0.15) is 14.5 Å². The van der Waals surface area contributed by atoms with E-state index in [1.165, 1.54) is 34.8 Å². The highest BCUT2D eigenvalue weighted by atomic mass is 35.5. The molecule has 0 amide bonds. The minimum Gasteiger partial charge on any atom is -0.287 e. The first kappa shape index (κ1) is 11.8. The highest BCUT2D eigenvalue weighted by Gasteiger charge is 2.14. The third-order valence-corrected chi connectivity index (χ3v) is 4.84. The van der Waals surface area contributed by atoms with Crippen molar-refractivity contribution >= 4 is 50.1 Å². The van der Waals surface area contributed by atoms with Gasteiger partial charge >= 0.3 is 0 Å². The van der Waals surface area contributed by atoms with Gasteiger partial charge in [0.2, 0.25) is 5.78 Å². The van der Waals surface area contributed by atoms with Gasteiger partial charge in [-0.1, -0.05) is 11.6 Å². The first-order chi connectivity index (χ1) is 8.63. The number of ketones is 1. The summed E-state index contributed by atoms with van der Waals surface area (Å²) in [6.07, 6.45) is 0. The van der Waals surface area contributed by atoms with Crippen molar-refractivity contribution in [1.82, 2.24) is 0 Å². The number of carbonyl (C=O) groups is 1. The highest BCUT2D eigenvalue weighted by Crippen LogP contribution is 2.30. The van der Waals surface area contributed by atoms with Gasteiger partial charge in [0.15, 0.2) is 0 Å². The first-order valence-corrected chi connectivity index (χ1v) is 7.14. The van der Waals surface area contributed by atoms with E-state index in [4.69, 9.17) is 11.6 Å². The molecular formula is C13H6ClFOS2. The normalized spacial score (nSPS) is 11.0. The Morgan fingerprint density at radius 1 is 1.06 bits per heavy atom. The van der Waals surface area contributed by atoms with Crippen LogP contribution in [-0.4, -0.2) is 5.78 Å². The van der Waals surface area contributed by atoms with E-state index in [0.29, 0.717) is 14.1 Å². The molecule has 3 rings (SSSR count). The van der Waals surface area contributed by atoms with Gasteiger partial charge in [0.05, 0.1) is 14.1 Å². The average molecular weight is 297 g/mol. The number of hydrogen-bond acceptors (Lipinski definition) is 3. The summed E-state index contributed by atoms with van der Waals surface area (Å²) in [6, 6.07) is 9.65. The van der Waals surface area contributed by atoms with Crippen molar-refractivity contribution in [2.75, 3.05) is 0 Å². The van der Waals surface area contributed by atoms with Gasteiger partial charge in [0, 0.05) is 4.70 Å². The molecule has 0 saturated heterocycles. The van der Waals surface area contributed by atoms with Gasteiger partial charge in [0.25, 0.3) is 0 Å². The third kappa shape index (κ3) is 2.07. The second-order valence-corrected chi connectivity index (χ2v) is 6.52. The smallest absolute Gasteiger partial charge is 0.212 e. The topological polar surface area (TPSA) is 17.1 Å². The van der Waals surface area contributed by atoms with Crippen LogP contribution >= 0.6 is 34.3 Å². The number of fused-ring (bicyclic) bond motifs is 1. The fraction of sp³-hybridized carbons (Fsp3) is 0. The minimum atomic E-state index is -0.293. The lowest BCUT2D eigenvalue weighted by Gasteiger charge is -1.90. The van der Waals surface area contributed by atoms with Gasteiger partial charge in [-0.3, -0.25) is 4.79 Å². The van der Waals surface area contributed by atoms with E-state index in [-0.39, 0.29) is 11.6 Å². The van der Waals surface area contributed by atoms with Crippen LogP contribution in [0.4, 0.5) is 4.39 Å². The van der Waals surface area contributed by atoms with Crippen LogP contribution in [0.25, 0.3) is 10.1 Å². The van der Waals surface area contributed by atoms with Crippen LogP contribution in [0.2, 0.25) is 4.34 Å². The molecule has 2 heterocycles. The van der Waals surface area contributed by atoms with E-state index in [9.17, 15) is 9.18 Å². The Balaban J connectivity index is 2.06. The SMILES string of the molecule is O=C(c1ccc(Cl)s1)c1cc2cc(F)ccc2s1. The molecule has 1 aromatic carbocycles. The molecule has 18 heavy (non-hydrogen) atoms. The Morgan fingerprint density at radius 2 is 1.89 bits per heavy atom. The van der Waals surface area contributed by atoms with Crippen LogP contribution in [0.15, 0.2) is 36.4 Å². The first-order valence-electron chi connectivity index (χ1n) is 5.12. The molecule has 0 saturated carbocycles. The van der Waals surface area contributed by atoms with Crippen molar-refractivity contribution < 1.29 is 9.18 Å². The maximum atomic E-state index is 13.1. The van der Waals surface area contributed by atoms with E-state index >= 15 is 0 Å². The second kappa shape index (κ2) is 4.46. The van der Waals surface area contributed by atoms with Crippen molar-refractivity contribution in [1.29, 1.82) is 0 Å². The lowest BCUT2D eigenvalue weighted by Crippen LogP contribution is -1.93. The van der Waals surface area contributed by atoms with E-state index in [1.54, 1.807) is 24.3 Å². The highest BCUT2D eigenvalue weighted by molar-refractivity contribution is 7.23. The van der Waals surface area contributed by atoms with E-state index < -0.39 is 0 Å². The standard InChI is InChI=1S/C13H6ClFOS2/c14-12-4-3-10(18-12)13(16)11-6-7-5-8(15)1-2-9(7)17-11/h1-6H. The summed E-state index contributed by atoms with van der Waals surface area (Å²) in [5.41, 5.74) is 0. The van der Waals surface area contributed by atoms with Crippen molar-refractivity contribution in [3.63, 3.8) is 0 Å². The monoisotopic (exact) mass is 296 g/mol. The number of hydrogen-bond donors (Lipinski definition) is 0. The van der Waals surface area contributed by atoms with Crippen molar-refractivity contribution in [2.45, 2.75) is 0 Å². The summed E-state index contributed by atoms with van der Waals surface area (Å²) in [4.78, 5) is 13.4. The summed E-state index contributed by atoms with van der Waals surface area (Å²) in [6.45, 7) is 0. The molecule has 5 heteroatoms. The molecule has 0 aliphatic heterocycles. The summed E-state index contributed by atoms with van der Waals surface area (Å²) in [7, 11) is 0. The van der Waals surface area contributed by atoms with Gasteiger partial charge in [-0.05, 0) is 41.8 Å². The Morgan fingerprint density at radius 3 is 2.61 bits per heavy atom.